The number of amides is 2. The summed E-state index contributed by atoms with van der Waals surface area (Å²) < 4.78 is 6.79. The number of anilines is 2. The van der Waals surface area contributed by atoms with Crippen molar-refractivity contribution in [2.24, 2.45) is 11.8 Å². The van der Waals surface area contributed by atoms with Gasteiger partial charge in [0.15, 0.2) is 5.69 Å². The molecule has 1 aliphatic carbocycles. The number of hydrogen-bond donors (Lipinski definition) is 1. The van der Waals surface area contributed by atoms with Gasteiger partial charge >= 0.3 is 5.97 Å². The van der Waals surface area contributed by atoms with Gasteiger partial charge in [-0.05, 0) is 19.1 Å². The average molecular weight is 402 g/mol. The van der Waals surface area contributed by atoms with E-state index in [-0.39, 0.29) is 35.4 Å². The molecule has 2 amide bonds. The van der Waals surface area contributed by atoms with Crippen LogP contribution in [0.4, 0.5) is 11.4 Å². The first-order valence-electron chi connectivity index (χ1n) is 9.73. The molecule has 0 radical (unpaired) electrons. The van der Waals surface area contributed by atoms with Gasteiger partial charge in [-0.15, -0.1) is 0 Å². The Kier molecular flexibility index (Phi) is 3.83. The number of carbonyl (C=O) groups excluding carboxylic acids is 3. The van der Waals surface area contributed by atoms with Gasteiger partial charge in [-0.2, -0.15) is 5.26 Å². The van der Waals surface area contributed by atoms with Crippen molar-refractivity contribution in [1.82, 2.24) is 4.57 Å². The lowest BCUT2D eigenvalue weighted by molar-refractivity contribution is -0.122. The van der Waals surface area contributed by atoms with Gasteiger partial charge in [0.1, 0.15) is 6.07 Å². The Bertz CT molecular complexity index is 1170. The van der Waals surface area contributed by atoms with Crippen molar-refractivity contribution >= 4 is 29.2 Å². The number of esters is 1. The number of benzene rings is 1. The van der Waals surface area contributed by atoms with Gasteiger partial charge in [0, 0.05) is 11.6 Å². The van der Waals surface area contributed by atoms with E-state index < -0.39 is 29.8 Å². The number of nitrogen functional groups attached to an aromatic ring is 1. The number of hydrogen-bond acceptors (Lipinski definition) is 6. The Balaban J connectivity index is 1.69. The number of para-hydroxylation sites is 1. The summed E-state index contributed by atoms with van der Waals surface area (Å²) in [5, 5.41) is 9.73. The molecule has 150 valence electrons. The highest BCUT2D eigenvalue weighted by Gasteiger charge is 2.60. The van der Waals surface area contributed by atoms with Gasteiger partial charge < -0.3 is 15.0 Å². The molecule has 0 saturated carbocycles. The second-order valence-electron chi connectivity index (χ2n) is 7.53. The van der Waals surface area contributed by atoms with Gasteiger partial charge in [0.2, 0.25) is 11.8 Å². The molecule has 2 N–H and O–H groups in total. The average Bonchev–Trinajstić information content (AvgIpc) is 3.21. The van der Waals surface area contributed by atoms with E-state index in [1.807, 2.05) is 18.2 Å². The molecule has 4 heterocycles. The molecule has 2 bridgehead atoms. The Hall–Kier alpha value is -3.86. The molecular weight excluding hydrogens is 384 g/mol. The summed E-state index contributed by atoms with van der Waals surface area (Å²) in [4.78, 5) is 40.6. The fourth-order valence-corrected chi connectivity index (χ4v) is 5.05. The van der Waals surface area contributed by atoms with Crippen LogP contribution in [0.3, 0.4) is 0 Å². The predicted molar refractivity (Wildman–Crippen MR) is 106 cm³/mol. The van der Waals surface area contributed by atoms with Crippen LogP contribution >= 0.6 is 0 Å². The lowest BCUT2D eigenvalue weighted by Gasteiger charge is -2.41. The topological polar surface area (TPSA) is 118 Å². The maximum atomic E-state index is 13.4. The fourth-order valence-electron chi connectivity index (χ4n) is 5.05. The summed E-state index contributed by atoms with van der Waals surface area (Å²) in [5.74, 6) is -3.11. The molecule has 8 nitrogen and oxygen atoms in total. The molecule has 4 aliphatic rings. The normalized spacial score (nSPS) is 25.8. The molecule has 2 aromatic rings. The highest BCUT2D eigenvalue weighted by Crippen LogP contribution is 2.56. The van der Waals surface area contributed by atoms with Gasteiger partial charge in [-0.1, -0.05) is 30.4 Å². The van der Waals surface area contributed by atoms with Crippen molar-refractivity contribution in [3.05, 3.63) is 59.4 Å². The summed E-state index contributed by atoms with van der Waals surface area (Å²) >= 11 is 0. The third-order valence-corrected chi connectivity index (χ3v) is 6.16. The minimum Gasteiger partial charge on any atom is -0.461 e. The molecule has 0 spiro atoms. The van der Waals surface area contributed by atoms with Gasteiger partial charge in [-0.3, -0.25) is 9.59 Å². The van der Waals surface area contributed by atoms with Gasteiger partial charge in [-0.25, -0.2) is 9.69 Å². The second kappa shape index (κ2) is 6.32. The minimum atomic E-state index is -0.674. The van der Waals surface area contributed by atoms with E-state index in [0.717, 1.165) is 0 Å². The molecule has 1 fully saturated rings. The summed E-state index contributed by atoms with van der Waals surface area (Å²) in [6.45, 7) is 1.83. The molecule has 30 heavy (non-hydrogen) atoms. The molecule has 1 saturated heterocycles. The zero-order valence-corrected chi connectivity index (χ0v) is 16.1. The molecule has 1 aromatic carbocycles. The van der Waals surface area contributed by atoms with Crippen LogP contribution in [0.5, 0.6) is 0 Å². The van der Waals surface area contributed by atoms with Crippen LogP contribution in [0.15, 0.2) is 42.5 Å². The van der Waals surface area contributed by atoms with Crippen molar-refractivity contribution in [3.8, 4) is 6.07 Å². The van der Waals surface area contributed by atoms with Crippen LogP contribution in [0.2, 0.25) is 0 Å². The predicted octanol–water partition coefficient (Wildman–Crippen LogP) is 2.13. The smallest absolute Gasteiger partial charge is 0.357 e. The standard InChI is InChI=1S/C22H18N4O4/c1-2-30-22(29)19-17(24)13(10-23)18-12-8-9-14(26(18)19)16-15(12)20(27)25(21(16)28)11-6-4-3-5-7-11/h3-9,12,14-16H,2,24H2,1H3/t12-,14-,15+,16-/m0/s1. The zero-order valence-electron chi connectivity index (χ0n) is 16.1. The van der Waals surface area contributed by atoms with Crippen molar-refractivity contribution in [1.29, 1.82) is 5.26 Å². The fraction of sp³-hybridized carbons (Fsp3) is 0.273. The number of nitrogens with zero attached hydrogens (tertiary/aromatic N) is 3. The van der Waals surface area contributed by atoms with Crippen LogP contribution < -0.4 is 10.6 Å². The third-order valence-electron chi connectivity index (χ3n) is 6.16. The van der Waals surface area contributed by atoms with E-state index in [4.69, 9.17) is 10.5 Å². The number of ether oxygens (including phenoxy) is 1. The lowest BCUT2D eigenvalue weighted by atomic mass is 9.69. The van der Waals surface area contributed by atoms with Crippen molar-refractivity contribution in [2.45, 2.75) is 18.9 Å². The van der Waals surface area contributed by atoms with Gasteiger partial charge in [0.25, 0.3) is 0 Å². The molecule has 6 rings (SSSR count). The van der Waals surface area contributed by atoms with E-state index in [1.54, 1.807) is 35.8 Å². The van der Waals surface area contributed by atoms with E-state index in [9.17, 15) is 19.6 Å². The summed E-state index contributed by atoms with van der Waals surface area (Å²) in [6.07, 6.45) is 3.66. The Morgan fingerprint density at radius 2 is 1.87 bits per heavy atom. The van der Waals surface area contributed by atoms with Crippen molar-refractivity contribution in [3.63, 3.8) is 0 Å². The number of carbonyl (C=O) groups is 3. The Morgan fingerprint density at radius 3 is 2.53 bits per heavy atom. The molecular formula is C22H18N4O4. The summed E-state index contributed by atoms with van der Waals surface area (Å²) in [7, 11) is 0. The van der Waals surface area contributed by atoms with Crippen LogP contribution in [0, 0.1) is 23.2 Å². The first kappa shape index (κ1) is 18.2. The number of aromatic nitrogens is 1. The van der Waals surface area contributed by atoms with Crippen LogP contribution in [0.25, 0.3) is 0 Å². The van der Waals surface area contributed by atoms with Crippen molar-refractivity contribution in [2.75, 3.05) is 17.2 Å². The monoisotopic (exact) mass is 402 g/mol. The summed E-state index contributed by atoms with van der Waals surface area (Å²) in [5.41, 5.74) is 7.44. The van der Waals surface area contributed by atoms with E-state index in [2.05, 4.69) is 6.07 Å². The molecule has 4 atom stereocenters. The molecule has 1 aromatic heterocycles. The highest BCUT2D eigenvalue weighted by atomic mass is 16.5. The molecule has 8 heteroatoms. The van der Waals surface area contributed by atoms with E-state index in [0.29, 0.717) is 11.4 Å². The lowest BCUT2D eigenvalue weighted by Crippen LogP contribution is -2.42. The second-order valence-corrected chi connectivity index (χ2v) is 7.53. The highest BCUT2D eigenvalue weighted by molar-refractivity contribution is 6.23. The van der Waals surface area contributed by atoms with Crippen molar-refractivity contribution < 1.29 is 19.1 Å². The molecule has 0 unspecified atom stereocenters. The van der Waals surface area contributed by atoms with E-state index >= 15 is 0 Å². The first-order chi connectivity index (χ1) is 14.5. The van der Waals surface area contributed by atoms with Gasteiger partial charge in [0.05, 0.1) is 41.4 Å². The van der Waals surface area contributed by atoms with Crippen LogP contribution in [0.1, 0.15) is 40.6 Å². The number of nitriles is 1. The van der Waals surface area contributed by atoms with E-state index in [1.165, 1.54) is 4.90 Å². The maximum absolute atomic E-state index is 13.4. The SMILES string of the molecule is CCOC(=O)c1c(N)c(C#N)c2n1[C@H]1C=C[C@H]2[C@H]2C(=O)N(c3ccccc3)C(=O)[C@H]21. The maximum Gasteiger partial charge on any atom is 0.357 e. The minimum absolute atomic E-state index is 0.0319. The first-order valence-corrected chi connectivity index (χ1v) is 9.73. The van der Waals surface area contributed by atoms with Crippen LogP contribution in [-0.4, -0.2) is 29.0 Å². The number of rotatable bonds is 3. The number of allylic oxidation sites excluding steroid dienone is 2. The molecule has 3 aliphatic heterocycles. The number of imide groups is 1. The third kappa shape index (κ3) is 2.12. The Morgan fingerprint density at radius 1 is 1.17 bits per heavy atom. The Labute approximate surface area is 172 Å². The quantitative estimate of drug-likeness (QED) is 0.477. The zero-order chi connectivity index (χ0) is 21.2. The van der Waals surface area contributed by atoms with Crippen LogP contribution in [-0.2, 0) is 14.3 Å². The largest absolute Gasteiger partial charge is 0.461 e. The summed E-state index contributed by atoms with van der Waals surface area (Å²) in [6, 6.07) is 10.3. The number of nitrogens with two attached hydrogens (primary N) is 1.